The number of hydrogen-bond donors (Lipinski definition) is 4. The fourth-order valence-corrected chi connectivity index (χ4v) is 3.23. The van der Waals surface area contributed by atoms with E-state index in [0.717, 1.165) is 12.8 Å². The number of nitrogens with zero attached hydrogens (tertiary/aromatic N) is 1. The van der Waals surface area contributed by atoms with E-state index >= 15 is 0 Å². The maximum atomic E-state index is 11.9. The van der Waals surface area contributed by atoms with Gasteiger partial charge in [0.15, 0.2) is 0 Å². The average molecular weight is 413 g/mol. The van der Waals surface area contributed by atoms with E-state index in [9.17, 15) is 14.7 Å². The average Bonchev–Trinajstić information content (AvgIpc) is 2.64. The number of rotatable bonds is 8. The van der Waals surface area contributed by atoms with Crippen LogP contribution >= 0.6 is 11.6 Å². The Kier molecular flexibility index (Phi) is 8.98. The lowest BCUT2D eigenvalue weighted by Crippen LogP contribution is -2.52. The summed E-state index contributed by atoms with van der Waals surface area (Å²) in [5.74, 6) is -0.0870. The number of ether oxygens (including phenoxy) is 1. The lowest BCUT2D eigenvalue weighted by Gasteiger charge is -2.36. The van der Waals surface area contributed by atoms with Crippen LogP contribution in [0.5, 0.6) is 0 Å². The second-order valence-electron chi connectivity index (χ2n) is 7.14. The quantitative estimate of drug-likeness (QED) is 0.517. The van der Waals surface area contributed by atoms with Crippen molar-refractivity contribution in [1.82, 2.24) is 15.5 Å². The number of carbonyl (C=O) groups excluding carboxylic acids is 2. The maximum Gasteiger partial charge on any atom is 0.319 e. The Hall–Kier alpha value is -1.87. The van der Waals surface area contributed by atoms with Crippen molar-refractivity contribution in [3.05, 3.63) is 29.3 Å². The summed E-state index contributed by atoms with van der Waals surface area (Å²) < 4.78 is 5.90. The number of carbonyl (C=O) groups is 2. The third-order valence-electron chi connectivity index (χ3n) is 4.46. The highest BCUT2D eigenvalue weighted by molar-refractivity contribution is 6.30. The van der Waals surface area contributed by atoms with E-state index in [4.69, 9.17) is 16.3 Å². The van der Waals surface area contributed by atoms with Gasteiger partial charge in [-0.25, -0.2) is 4.79 Å². The largest absolute Gasteiger partial charge is 0.394 e. The Balaban J connectivity index is 1.70. The molecule has 3 amide bonds. The molecule has 2 rings (SSSR count). The Morgan fingerprint density at radius 2 is 1.96 bits per heavy atom. The molecule has 1 aromatic rings. The number of halogens is 1. The van der Waals surface area contributed by atoms with Crippen LogP contribution in [0.1, 0.15) is 19.3 Å². The van der Waals surface area contributed by atoms with E-state index in [1.165, 1.54) is 0 Å². The molecule has 0 unspecified atom stereocenters. The summed E-state index contributed by atoms with van der Waals surface area (Å²) in [5.41, 5.74) is 0.660. The molecule has 0 saturated carbocycles. The summed E-state index contributed by atoms with van der Waals surface area (Å²) in [7, 11) is 3.65. The number of nitrogens with one attached hydrogen (secondary N) is 3. The summed E-state index contributed by atoms with van der Waals surface area (Å²) in [6.45, 7) is 0.582. The highest BCUT2D eigenvalue weighted by atomic mass is 35.5. The second-order valence-corrected chi connectivity index (χ2v) is 7.58. The highest BCUT2D eigenvalue weighted by Crippen LogP contribution is 2.21. The molecule has 156 valence electrons. The molecule has 0 aromatic heterocycles. The molecule has 1 aromatic carbocycles. The van der Waals surface area contributed by atoms with Crippen molar-refractivity contribution in [2.75, 3.05) is 39.1 Å². The van der Waals surface area contributed by atoms with Gasteiger partial charge in [0.2, 0.25) is 5.91 Å². The molecule has 0 radical (unpaired) electrons. The van der Waals surface area contributed by atoms with E-state index in [1.807, 2.05) is 14.1 Å². The van der Waals surface area contributed by atoms with Crippen LogP contribution in [-0.2, 0) is 9.53 Å². The van der Waals surface area contributed by atoms with Gasteiger partial charge in [-0.2, -0.15) is 0 Å². The normalized spacial score (nSPS) is 22.0. The first-order chi connectivity index (χ1) is 13.4. The summed E-state index contributed by atoms with van der Waals surface area (Å²) in [6.07, 6.45) is 1.60. The number of benzene rings is 1. The molecular weight excluding hydrogens is 384 g/mol. The number of aliphatic hydroxyl groups excluding tert-OH is 1. The third-order valence-corrected chi connectivity index (χ3v) is 4.71. The number of likely N-dealkylation sites (N-methyl/N-ethyl adjacent to an activating group) is 1. The van der Waals surface area contributed by atoms with Crippen molar-refractivity contribution in [2.45, 2.75) is 37.5 Å². The third kappa shape index (κ3) is 7.63. The van der Waals surface area contributed by atoms with Crippen LogP contribution in [-0.4, -0.2) is 74.0 Å². The van der Waals surface area contributed by atoms with Gasteiger partial charge >= 0.3 is 6.03 Å². The SMILES string of the molecule is CN(C)CC(=O)N[C@@H]1CC[C@@H](CCNC(=O)Nc2ccc(Cl)cc2)O[C@@H]1CO. The topological polar surface area (TPSA) is 103 Å². The molecule has 4 N–H and O–H groups in total. The van der Waals surface area contributed by atoms with Gasteiger partial charge in [-0.1, -0.05) is 11.6 Å². The van der Waals surface area contributed by atoms with Gasteiger partial charge < -0.3 is 30.7 Å². The van der Waals surface area contributed by atoms with Crippen LogP contribution in [0, 0.1) is 0 Å². The Morgan fingerprint density at radius 3 is 2.61 bits per heavy atom. The van der Waals surface area contributed by atoms with E-state index in [1.54, 1.807) is 29.2 Å². The first kappa shape index (κ1) is 22.4. The minimum atomic E-state index is -0.437. The molecule has 9 heteroatoms. The predicted octanol–water partition coefficient (Wildman–Crippen LogP) is 1.44. The van der Waals surface area contributed by atoms with Crippen LogP contribution in [0.25, 0.3) is 0 Å². The minimum Gasteiger partial charge on any atom is -0.394 e. The molecule has 1 fully saturated rings. The molecule has 1 aliphatic rings. The van der Waals surface area contributed by atoms with Crippen LogP contribution in [0.3, 0.4) is 0 Å². The summed E-state index contributed by atoms with van der Waals surface area (Å²) >= 11 is 5.82. The van der Waals surface area contributed by atoms with Gasteiger partial charge in [0.05, 0.1) is 25.3 Å². The molecule has 0 spiro atoms. The second kappa shape index (κ2) is 11.2. The lowest BCUT2D eigenvalue weighted by atomic mass is 9.97. The lowest BCUT2D eigenvalue weighted by molar-refractivity contribution is -0.129. The smallest absolute Gasteiger partial charge is 0.319 e. The van der Waals surface area contributed by atoms with Crippen molar-refractivity contribution in [1.29, 1.82) is 0 Å². The van der Waals surface area contributed by atoms with Gasteiger partial charge in [0, 0.05) is 17.3 Å². The standard InChI is InChI=1S/C19H29ClN4O4/c1-24(2)11-18(26)23-16-8-7-15(28-17(16)12-25)9-10-21-19(27)22-14-5-3-13(20)4-6-14/h3-6,15-17,25H,7-12H2,1-2H3,(H,23,26)(H2,21,22,27)/t15-,16+,17+/m0/s1. The number of anilines is 1. The molecule has 1 heterocycles. The molecule has 3 atom stereocenters. The van der Waals surface area contributed by atoms with Crippen LogP contribution in [0.4, 0.5) is 10.5 Å². The van der Waals surface area contributed by atoms with Gasteiger partial charge in [-0.05, 0) is 57.6 Å². The molecule has 1 aliphatic heterocycles. The first-order valence-corrected chi connectivity index (χ1v) is 9.76. The Labute approximate surface area is 170 Å². The zero-order valence-electron chi connectivity index (χ0n) is 16.3. The molecular formula is C19H29ClN4O4. The first-order valence-electron chi connectivity index (χ1n) is 9.38. The zero-order valence-corrected chi connectivity index (χ0v) is 17.0. The monoisotopic (exact) mass is 412 g/mol. The van der Waals surface area contributed by atoms with Crippen molar-refractivity contribution < 1.29 is 19.4 Å². The Bertz CT molecular complexity index is 641. The van der Waals surface area contributed by atoms with E-state index in [0.29, 0.717) is 30.2 Å². The molecule has 1 saturated heterocycles. The van der Waals surface area contributed by atoms with Crippen molar-refractivity contribution in [3.63, 3.8) is 0 Å². The van der Waals surface area contributed by atoms with Gasteiger partial charge in [0.1, 0.15) is 6.10 Å². The van der Waals surface area contributed by atoms with Gasteiger partial charge in [-0.3, -0.25) is 4.79 Å². The minimum absolute atomic E-state index is 0.0741. The van der Waals surface area contributed by atoms with E-state index in [2.05, 4.69) is 16.0 Å². The molecule has 0 bridgehead atoms. The number of hydrogen-bond acceptors (Lipinski definition) is 5. The van der Waals surface area contributed by atoms with E-state index in [-0.39, 0.29) is 30.7 Å². The van der Waals surface area contributed by atoms with Crippen molar-refractivity contribution in [2.24, 2.45) is 0 Å². The number of amides is 3. The predicted molar refractivity (Wildman–Crippen MR) is 109 cm³/mol. The number of urea groups is 1. The van der Waals surface area contributed by atoms with Crippen LogP contribution in [0.15, 0.2) is 24.3 Å². The van der Waals surface area contributed by atoms with Crippen molar-refractivity contribution >= 4 is 29.2 Å². The summed E-state index contributed by atoms with van der Waals surface area (Å²) in [6, 6.07) is 6.36. The highest BCUT2D eigenvalue weighted by Gasteiger charge is 2.31. The van der Waals surface area contributed by atoms with Gasteiger partial charge in [-0.15, -0.1) is 0 Å². The molecule has 0 aliphatic carbocycles. The van der Waals surface area contributed by atoms with Crippen molar-refractivity contribution in [3.8, 4) is 0 Å². The molecule has 8 nitrogen and oxygen atoms in total. The fraction of sp³-hybridized carbons (Fsp3) is 0.579. The van der Waals surface area contributed by atoms with Crippen LogP contribution < -0.4 is 16.0 Å². The number of aliphatic hydroxyl groups is 1. The van der Waals surface area contributed by atoms with Gasteiger partial charge in [0.25, 0.3) is 0 Å². The maximum absolute atomic E-state index is 11.9. The summed E-state index contributed by atoms with van der Waals surface area (Å²) in [4.78, 5) is 25.7. The van der Waals surface area contributed by atoms with Crippen LogP contribution in [0.2, 0.25) is 5.02 Å². The molecule has 28 heavy (non-hydrogen) atoms. The zero-order chi connectivity index (χ0) is 20.5. The fourth-order valence-electron chi connectivity index (χ4n) is 3.10. The van der Waals surface area contributed by atoms with E-state index < -0.39 is 6.10 Å². The summed E-state index contributed by atoms with van der Waals surface area (Å²) in [5, 5.41) is 18.6. The Morgan fingerprint density at radius 1 is 1.25 bits per heavy atom.